The van der Waals surface area contributed by atoms with Crippen molar-refractivity contribution in [1.29, 1.82) is 0 Å². The molecule has 31 heavy (non-hydrogen) atoms. The number of carboxylic acids is 2. The Bertz CT molecular complexity index is 1090. The predicted molar refractivity (Wildman–Crippen MR) is 120 cm³/mol. The Morgan fingerprint density at radius 2 is 1.87 bits per heavy atom. The number of rotatable bonds is 7. The van der Waals surface area contributed by atoms with Gasteiger partial charge in [-0.15, -0.1) is 0 Å². The highest BCUT2D eigenvalue weighted by molar-refractivity contribution is 9.10. The van der Waals surface area contributed by atoms with Gasteiger partial charge in [0.05, 0.1) is 6.42 Å². The van der Waals surface area contributed by atoms with Crippen LogP contribution in [0.4, 0.5) is 5.82 Å². The topological polar surface area (TPSA) is 98.9 Å². The summed E-state index contributed by atoms with van der Waals surface area (Å²) in [6, 6.07) is 10.6. The summed E-state index contributed by atoms with van der Waals surface area (Å²) in [4.78, 5) is 32.0. The minimum Gasteiger partial charge on any atom is -0.481 e. The fraction of sp³-hybridized carbons (Fsp3) is 0.318. The van der Waals surface area contributed by atoms with Crippen molar-refractivity contribution in [2.75, 3.05) is 31.1 Å². The Labute approximate surface area is 187 Å². The molecule has 1 saturated heterocycles. The number of pyridine rings is 1. The lowest BCUT2D eigenvalue weighted by Crippen LogP contribution is -2.49. The second kappa shape index (κ2) is 9.07. The van der Waals surface area contributed by atoms with E-state index in [-0.39, 0.29) is 13.0 Å². The second-order valence-corrected chi connectivity index (χ2v) is 8.45. The van der Waals surface area contributed by atoms with Crippen molar-refractivity contribution >= 4 is 44.6 Å². The van der Waals surface area contributed by atoms with Gasteiger partial charge < -0.3 is 19.7 Å². The predicted octanol–water partition coefficient (Wildman–Crippen LogP) is 3.22. The molecule has 1 fully saturated rings. The zero-order valence-electron chi connectivity index (χ0n) is 16.8. The first kappa shape index (κ1) is 21.3. The number of hydrogen-bond donors (Lipinski definition) is 2. The molecule has 0 bridgehead atoms. The number of aliphatic carboxylic acids is 2. The summed E-state index contributed by atoms with van der Waals surface area (Å²) < 4.78 is 2.70. The number of benzene rings is 1. The van der Waals surface area contributed by atoms with Gasteiger partial charge in [0.2, 0.25) is 0 Å². The lowest BCUT2D eigenvalue weighted by atomic mass is 10.0. The summed E-state index contributed by atoms with van der Waals surface area (Å²) in [5, 5.41) is 20.0. The highest BCUT2D eigenvalue weighted by Crippen LogP contribution is 2.33. The van der Waals surface area contributed by atoms with Crippen LogP contribution in [0.1, 0.15) is 18.0 Å². The minimum absolute atomic E-state index is 0.0315. The first-order chi connectivity index (χ1) is 14.9. The van der Waals surface area contributed by atoms with Crippen LogP contribution in [-0.2, 0) is 16.1 Å². The molecule has 3 aromatic rings. The summed E-state index contributed by atoms with van der Waals surface area (Å²) in [5.41, 5.74) is 1.51. The molecule has 1 unspecified atom stereocenters. The van der Waals surface area contributed by atoms with E-state index in [1.165, 1.54) is 0 Å². The maximum atomic E-state index is 12.4. The quantitative estimate of drug-likeness (QED) is 0.528. The van der Waals surface area contributed by atoms with Crippen LogP contribution in [0, 0.1) is 0 Å². The number of fused-ring (bicyclic) bond motifs is 1. The van der Waals surface area contributed by atoms with Gasteiger partial charge in [-0.25, -0.2) is 4.98 Å². The van der Waals surface area contributed by atoms with Crippen LogP contribution >= 0.6 is 15.9 Å². The van der Waals surface area contributed by atoms with Crippen LogP contribution in [0.15, 0.2) is 53.3 Å². The molecule has 0 saturated carbocycles. The maximum Gasteiger partial charge on any atom is 0.325 e. The SMILES string of the molecule is O=C(O)CCn1cc(C(C(=O)O)N2CCN(c3ccccn3)CC2)c2ccc(Br)cc21. The van der Waals surface area contributed by atoms with Gasteiger partial charge in [-0.05, 0) is 24.3 Å². The molecule has 4 rings (SSSR count). The fourth-order valence-corrected chi connectivity index (χ4v) is 4.50. The number of carbonyl (C=O) groups is 2. The smallest absolute Gasteiger partial charge is 0.325 e. The lowest BCUT2D eigenvalue weighted by molar-refractivity contribution is -0.143. The molecule has 1 aliphatic heterocycles. The number of nitrogens with zero attached hydrogens (tertiary/aromatic N) is 4. The number of aryl methyl sites for hydroxylation is 1. The van der Waals surface area contributed by atoms with Gasteiger partial charge >= 0.3 is 11.9 Å². The van der Waals surface area contributed by atoms with Gasteiger partial charge in [0.25, 0.3) is 0 Å². The molecular weight excluding hydrogens is 464 g/mol. The second-order valence-electron chi connectivity index (χ2n) is 7.53. The van der Waals surface area contributed by atoms with Crippen molar-refractivity contribution < 1.29 is 19.8 Å². The number of halogens is 1. The van der Waals surface area contributed by atoms with Crippen molar-refractivity contribution in [3.63, 3.8) is 0 Å². The lowest BCUT2D eigenvalue weighted by Gasteiger charge is -2.38. The van der Waals surface area contributed by atoms with E-state index < -0.39 is 18.0 Å². The third-order valence-corrected chi connectivity index (χ3v) is 6.12. The van der Waals surface area contributed by atoms with E-state index in [0.717, 1.165) is 21.2 Å². The number of anilines is 1. The van der Waals surface area contributed by atoms with Crippen LogP contribution < -0.4 is 4.90 Å². The van der Waals surface area contributed by atoms with E-state index in [1.54, 1.807) is 12.4 Å². The number of aromatic nitrogens is 2. The Hall–Kier alpha value is -2.91. The standard InChI is InChI=1S/C22H23BrN4O4/c23-15-4-5-16-17(14-27(18(16)13-15)8-6-20(28)29)21(22(30)31)26-11-9-25(10-12-26)19-3-1-2-7-24-19/h1-5,7,13-14,21H,6,8-12H2,(H,28,29)(H,30,31). The molecule has 162 valence electrons. The van der Waals surface area contributed by atoms with Crippen molar-refractivity contribution in [3.05, 3.63) is 58.8 Å². The molecule has 3 heterocycles. The van der Waals surface area contributed by atoms with Gasteiger partial charge in [0.1, 0.15) is 11.9 Å². The molecule has 1 aromatic carbocycles. The van der Waals surface area contributed by atoms with Gasteiger partial charge in [-0.1, -0.05) is 28.1 Å². The maximum absolute atomic E-state index is 12.4. The van der Waals surface area contributed by atoms with E-state index in [2.05, 4.69) is 25.8 Å². The summed E-state index contributed by atoms with van der Waals surface area (Å²) in [6.45, 7) is 2.83. The molecule has 0 radical (unpaired) electrons. The zero-order chi connectivity index (χ0) is 22.0. The molecule has 9 heteroatoms. The third kappa shape index (κ3) is 4.57. The molecule has 1 aliphatic rings. The Morgan fingerprint density at radius 3 is 2.52 bits per heavy atom. The monoisotopic (exact) mass is 486 g/mol. The van der Waals surface area contributed by atoms with Gasteiger partial charge in [0, 0.05) is 66.1 Å². The van der Waals surface area contributed by atoms with Crippen LogP contribution in [0.2, 0.25) is 0 Å². The molecule has 0 amide bonds. The first-order valence-corrected chi connectivity index (χ1v) is 10.9. The minimum atomic E-state index is -0.911. The van der Waals surface area contributed by atoms with Crippen molar-refractivity contribution in [2.45, 2.75) is 19.0 Å². The molecule has 1 atom stereocenters. The van der Waals surface area contributed by atoms with Crippen LogP contribution in [0.3, 0.4) is 0 Å². The van der Waals surface area contributed by atoms with Crippen LogP contribution in [0.5, 0.6) is 0 Å². The van der Waals surface area contributed by atoms with E-state index >= 15 is 0 Å². The van der Waals surface area contributed by atoms with Crippen LogP contribution in [-0.4, -0.2) is 62.8 Å². The van der Waals surface area contributed by atoms with Crippen molar-refractivity contribution in [3.8, 4) is 0 Å². The molecule has 2 aromatic heterocycles. The molecule has 2 N–H and O–H groups in total. The summed E-state index contributed by atoms with van der Waals surface area (Å²) in [7, 11) is 0. The number of hydrogen-bond acceptors (Lipinski definition) is 5. The van der Waals surface area contributed by atoms with E-state index in [1.807, 2.05) is 45.9 Å². The first-order valence-electron chi connectivity index (χ1n) is 10.1. The molecule has 8 nitrogen and oxygen atoms in total. The van der Waals surface area contributed by atoms with E-state index in [0.29, 0.717) is 31.7 Å². The van der Waals surface area contributed by atoms with E-state index in [9.17, 15) is 14.7 Å². The van der Waals surface area contributed by atoms with Crippen molar-refractivity contribution in [2.24, 2.45) is 0 Å². The zero-order valence-corrected chi connectivity index (χ0v) is 18.4. The fourth-order valence-electron chi connectivity index (χ4n) is 4.15. The normalized spacial score (nSPS) is 15.8. The largest absolute Gasteiger partial charge is 0.481 e. The highest BCUT2D eigenvalue weighted by Gasteiger charge is 2.33. The van der Waals surface area contributed by atoms with Crippen LogP contribution in [0.25, 0.3) is 10.9 Å². The van der Waals surface area contributed by atoms with Crippen molar-refractivity contribution in [1.82, 2.24) is 14.5 Å². The summed E-state index contributed by atoms with van der Waals surface area (Å²) in [5.74, 6) is -0.908. The number of piperazine rings is 1. The highest BCUT2D eigenvalue weighted by atomic mass is 79.9. The number of carboxylic acid groups (broad SMARTS) is 2. The molecule has 0 spiro atoms. The average Bonchev–Trinajstić information content (AvgIpc) is 3.10. The Morgan fingerprint density at radius 1 is 1.10 bits per heavy atom. The molecule has 0 aliphatic carbocycles. The van der Waals surface area contributed by atoms with Gasteiger partial charge in [-0.3, -0.25) is 14.5 Å². The Kier molecular flexibility index (Phi) is 6.24. The molecular formula is C22H23BrN4O4. The Balaban J connectivity index is 1.63. The average molecular weight is 487 g/mol. The third-order valence-electron chi connectivity index (χ3n) is 5.62. The van der Waals surface area contributed by atoms with Gasteiger partial charge in [0.15, 0.2) is 0 Å². The summed E-state index contributed by atoms with van der Waals surface area (Å²) in [6.07, 6.45) is 3.52. The summed E-state index contributed by atoms with van der Waals surface area (Å²) >= 11 is 3.46. The van der Waals surface area contributed by atoms with Gasteiger partial charge in [-0.2, -0.15) is 0 Å². The van der Waals surface area contributed by atoms with E-state index in [4.69, 9.17) is 5.11 Å².